The number of allylic oxidation sites excluding steroid dienone is 4. The van der Waals surface area contributed by atoms with E-state index in [1.807, 2.05) is 6.92 Å². The standard InChI is InChI=1S/C10H14O2/c1-4-6-7-9(3)8-10(11)12-5-2/h4,6-8H,1,5H2,2-3H3. The van der Waals surface area contributed by atoms with Gasteiger partial charge < -0.3 is 4.74 Å². The molecule has 0 bridgehead atoms. The molecular formula is C10H14O2. The number of carbonyl (C=O) groups is 1. The normalized spacial score (nSPS) is 11.7. The van der Waals surface area contributed by atoms with Crippen molar-refractivity contribution in [2.24, 2.45) is 0 Å². The van der Waals surface area contributed by atoms with Crippen LogP contribution in [0.2, 0.25) is 0 Å². The van der Waals surface area contributed by atoms with E-state index in [9.17, 15) is 4.79 Å². The Labute approximate surface area is 73.2 Å². The molecule has 0 spiro atoms. The zero-order valence-electron chi connectivity index (χ0n) is 7.54. The molecule has 0 unspecified atom stereocenters. The lowest BCUT2D eigenvalue weighted by Gasteiger charge is -1.95. The molecule has 0 saturated carbocycles. The summed E-state index contributed by atoms with van der Waals surface area (Å²) in [6.07, 6.45) is 6.67. The lowest BCUT2D eigenvalue weighted by Crippen LogP contribution is -1.99. The second kappa shape index (κ2) is 6.40. The number of esters is 1. The highest BCUT2D eigenvalue weighted by Gasteiger charge is 1.93. The molecule has 0 amide bonds. The molecule has 0 aliphatic carbocycles. The predicted molar refractivity (Wildman–Crippen MR) is 49.7 cm³/mol. The second-order valence-electron chi connectivity index (χ2n) is 2.24. The van der Waals surface area contributed by atoms with Gasteiger partial charge in [-0.1, -0.05) is 24.8 Å². The molecule has 66 valence electrons. The molecule has 0 fully saturated rings. The van der Waals surface area contributed by atoms with Crippen LogP contribution in [-0.4, -0.2) is 12.6 Å². The number of hydrogen-bond donors (Lipinski definition) is 0. The third-order valence-electron chi connectivity index (χ3n) is 1.13. The molecule has 0 aliphatic rings. The summed E-state index contributed by atoms with van der Waals surface area (Å²) in [7, 11) is 0. The first-order valence-electron chi connectivity index (χ1n) is 3.84. The van der Waals surface area contributed by atoms with Gasteiger partial charge in [0.25, 0.3) is 0 Å². The summed E-state index contributed by atoms with van der Waals surface area (Å²) in [4.78, 5) is 10.9. The van der Waals surface area contributed by atoms with E-state index in [-0.39, 0.29) is 5.97 Å². The quantitative estimate of drug-likeness (QED) is 0.363. The van der Waals surface area contributed by atoms with Crippen molar-refractivity contribution in [3.63, 3.8) is 0 Å². The first-order valence-corrected chi connectivity index (χ1v) is 3.84. The number of carbonyl (C=O) groups excluding carboxylic acids is 1. The van der Waals surface area contributed by atoms with E-state index in [1.54, 1.807) is 25.2 Å². The van der Waals surface area contributed by atoms with Crippen LogP contribution in [-0.2, 0) is 9.53 Å². The van der Waals surface area contributed by atoms with Crippen molar-refractivity contribution in [1.29, 1.82) is 0 Å². The molecule has 0 N–H and O–H groups in total. The molecule has 0 saturated heterocycles. The fourth-order valence-electron chi connectivity index (χ4n) is 0.638. The topological polar surface area (TPSA) is 26.3 Å². The fraction of sp³-hybridized carbons (Fsp3) is 0.300. The number of ether oxygens (including phenoxy) is 1. The van der Waals surface area contributed by atoms with Gasteiger partial charge in [-0.2, -0.15) is 0 Å². The Hall–Kier alpha value is -1.31. The minimum absolute atomic E-state index is 0.302. The number of hydrogen-bond acceptors (Lipinski definition) is 2. The Morgan fingerprint density at radius 3 is 2.75 bits per heavy atom. The largest absolute Gasteiger partial charge is 0.463 e. The van der Waals surface area contributed by atoms with Crippen molar-refractivity contribution < 1.29 is 9.53 Å². The lowest BCUT2D eigenvalue weighted by molar-refractivity contribution is -0.137. The molecule has 0 atom stereocenters. The highest BCUT2D eigenvalue weighted by Crippen LogP contribution is 1.95. The maximum absolute atomic E-state index is 10.9. The molecule has 0 rings (SSSR count). The van der Waals surface area contributed by atoms with Crippen molar-refractivity contribution in [3.05, 3.63) is 36.5 Å². The van der Waals surface area contributed by atoms with Crippen molar-refractivity contribution in [2.45, 2.75) is 13.8 Å². The molecule has 2 heteroatoms. The van der Waals surface area contributed by atoms with Gasteiger partial charge in [0.1, 0.15) is 0 Å². The molecule has 12 heavy (non-hydrogen) atoms. The van der Waals surface area contributed by atoms with Crippen LogP contribution in [0.5, 0.6) is 0 Å². The van der Waals surface area contributed by atoms with E-state index in [0.29, 0.717) is 6.61 Å². The van der Waals surface area contributed by atoms with Crippen LogP contribution >= 0.6 is 0 Å². The zero-order valence-corrected chi connectivity index (χ0v) is 7.54. The van der Waals surface area contributed by atoms with Crippen LogP contribution in [0.4, 0.5) is 0 Å². The molecular weight excluding hydrogens is 152 g/mol. The summed E-state index contributed by atoms with van der Waals surface area (Å²) >= 11 is 0. The maximum atomic E-state index is 10.9. The van der Waals surface area contributed by atoms with Crippen LogP contribution in [0.1, 0.15) is 13.8 Å². The lowest BCUT2D eigenvalue weighted by atomic mass is 10.2. The van der Waals surface area contributed by atoms with Gasteiger partial charge in [0.15, 0.2) is 0 Å². The number of rotatable bonds is 4. The molecule has 0 heterocycles. The molecule has 0 aromatic rings. The van der Waals surface area contributed by atoms with E-state index in [4.69, 9.17) is 4.74 Å². The minimum Gasteiger partial charge on any atom is -0.463 e. The second-order valence-corrected chi connectivity index (χ2v) is 2.24. The SMILES string of the molecule is C=CC=CC(C)=CC(=O)OCC. The van der Waals surface area contributed by atoms with Crippen LogP contribution in [0.25, 0.3) is 0 Å². The third kappa shape index (κ3) is 5.47. The highest BCUT2D eigenvalue weighted by molar-refractivity contribution is 5.83. The van der Waals surface area contributed by atoms with Crippen molar-refractivity contribution in [1.82, 2.24) is 0 Å². The van der Waals surface area contributed by atoms with E-state index in [0.717, 1.165) is 5.57 Å². The van der Waals surface area contributed by atoms with Gasteiger partial charge in [0, 0.05) is 6.08 Å². The smallest absolute Gasteiger partial charge is 0.330 e. The fourth-order valence-corrected chi connectivity index (χ4v) is 0.638. The first kappa shape index (κ1) is 10.7. The first-order chi connectivity index (χ1) is 5.70. The third-order valence-corrected chi connectivity index (χ3v) is 1.13. The van der Waals surface area contributed by atoms with Crippen LogP contribution in [0.15, 0.2) is 36.5 Å². The molecule has 0 aromatic carbocycles. The van der Waals surface area contributed by atoms with Crippen molar-refractivity contribution in [3.8, 4) is 0 Å². The van der Waals surface area contributed by atoms with Gasteiger partial charge >= 0.3 is 5.97 Å². The van der Waals surface area contributed by atoms with Crippen LogP contribution in [0.3, 0.4) is 0 Å². The Kier molecular flexibility index (Phi) is 5.70. The maximum Gasteiger partial charge on any atom is 0.330 e. The Bertz CT molecular complexity index is 212. The average molecular weight is 166 g/mol. The van der Waals surface area contributed by atoms with E-state index < -0.39 is 0 Å². The van der Waals surface area contributed by atoms with Gasteiger partial charge in [0.2, 0.25) is 0 Å². The van der Waals surface area contributed by atoms with Crippen molar-refractivity contribution >= 4 is 5.97 Å². The molecule has 0 aliphatic heterocycles. The monoisotopic (exact) mass is 166 g/mol. The van der Waals surface area contributed by atoms with Gasteiger partial charge in [-0.05, 0) is 19.4 Å². The van der Waals surface area contributed by atoms with Crippen LogP contribution in [0, 0.1) is 0 Å². The summed E-state index contributed by atoms with van der Waals surface area (Å²) in [5, 5.41) is 0. The van der Waals surface area contributed by atoms with Gasteiger partial charge in [-0.25, -0.2) is 4.79 Å². The predicted octanol–water partition coefficient (Wildman–Crippen LogP) is 2.24. The molecule has 2 nitrogen and oxygen atoms in total. The van der Waals surface area contributed by atoms with Crippen LogP contribution < -0.4 is 0 Å². The van der Waals surface area contributed by atoms with Crippen molar-refractivity contribution in [2.75, 3.05) is 6.61 Å². The Balaban J connectivity index is 4.05. The summed E-state index contributed by atoms with van der Waals surface area (Å²) in [5.41, 5.74) is 0.855. The summed E-state index contributed by atoms with van der Waals surface area (Å²) in [6, 6.07) is 0. The minimum atomic E-state index is -0.302. The van der Waals surface area contributed by atoms with Gasteiger partial charge in [-0.3, -0.25) is 0 Å². The van der Waals surface area contributed by atoms with E-state index >= 15 is 0 Å². The highest BCUT2D eigenvalue weighted by atomic mass is 16.5. The van der Waals surface area contributed by atoms with Gasteiger partial charge in [-0.15, -0.1) is 0 Å². The average Bonchev–Trinajstić information content (AvgIpc) is 2.01. The summed E-state index contributed by atoms with van der Waals surface area (Å²) in [6.45, 7) is 7.54. The Morgan fingerprint density at radius 2 is 2.25 bits per heavy atom. The molecule has 0 radical (unpaired) electrons. The van der Waals surface area contributed by atoms with E-state index in [2.05, 4.69) is 6.58 Å². The summed E-state index contributed by atoms with van der Waals surface area (Å²) in [5.74, 6) is -0.302. The Morgan fingerprint density at radius 1 is 1.58 bits per heavy atom. The van der Waals surface area contributed by atoms with E-state index in [1.165, 1.54) is 6.08 Å². The molecule has 0 aromatic heterocycles. The summed E-state index contributed by atoms with van der Waals surface area (Å²) < 4.78 is 4.72. The van der Waals surface area contributed by atoms with Gasteiger partial charge in [0.05, 0.1) is 6.61 Å². The zero-order chi connectivity index (χ0) is 9.40.